The normalized spacial score (nSPS) is 20.2. The number of benzene rings is 2. The van der Waals surface area contributed by atoms with E-state index in [1.165, 1.54) is 24.3 Å². The number of nitrogens with one attached hydrogen (secondary N) is 1. The maximum Gasteiger partial charge on any atom is 0.145 e. The van der Waals surface area contributed by atoms with Crippen LogP contribution in [-0.2, 0) is 0 Å². The van der Waals surface area contributed by atoms with Gasteiger partial charge in [0.05, 0.1) is 6.04 Å². The van der Waals surface area contributed by atoms with E-state index in [2.05, 4.69) is 10.3 Å². The Labute approximate surface area is 146 Å². The number of aliphatic imine (C=N–C) groups is 1. The van der Waals surface area contributed by atoms with Crippen molar-refractivity contribution in [2.75, 3.05) is 6.61 Å². The van der Waals surface area contributed by atoms with Gasteiger partial charge in [-0.05, 0) is 55.8 Å². The smallest absolute Gasteiger partial charge is 0.145 e. The summed E-state index contributed by atoms with van der Waals surface area (Å²) in [6, 6.07) is 12.1. The lowest BCUT2D eigenvalue weighted by molar-refractivity contribution is 0.372. The lowest BCUT2D eigenvalue weighted by Gasteiger charge is -2.20. The summed E-state index contributed by atoms with van der Waals surface area (Å²) in [4.78, 5) is 4.68. The van der Waals surface area contributed by atoms with E-state index in [4.69, 9.17) is 4.74 Å². The Morgan fingerprint density at radius 2 is 1.92 bits per heavy atom. The van der Waals surface area contributed by atoms with Crippen molar-refractivity contribution in [1.82, 2.24) is 5.32 Å². The molecule has 0 saturated carbocycles. The first-order valence-electron chi connectivity index (χ1n) is 8.16. The summed E-state index contributed by atoms with van der Waals surface area (Å²) >= 11 is 0. The van der Waals surface area contributed by atoms with E-state index >= 15 is 0 Å². The van der Waals surface area contributed by atoms with Crippen LogP contribution < -0.4 is 10.1 Å². The third kappa shape index (κ3) is 4.05. The fraction of sp³-hybridized carbons (Fsp3) is 0.250. The molecule has 0 saturated heterocycles. The number of nitrogens with zero attached hydrogens (tertiary/aromatic N) is 1. The largest absolute Gasteiger partial charge is 0.486 e. The number of halogens is 2. The van der Waals surface area contributed by atoms with Gasteiger partial charge in [0.25, 0.3) is 0 Å². The van der Waals surface area contributed by atoms with Gasteiger partial charge in [-0.2, -0.15) is 0 Å². The fourth-order valence-corrected chi connectivity index (χ4v) is 2.80. The first kappa shape index (κ1) is 17.1. The zero-order chi connectivity index (χ0) is 17.8. The van der Waals surface area contributed by atoms with Gasteiger partial charge in [0.1, 0.15) is 35.9 Å². The summed E-state index contributed by atoms with van der Waals surface area (Å²) in [6.07, 6.45) is 2.02. The molecule has 0 bridgehead atoms. The molecule has 2 atom stereocenters. The summed E-state index contributed by atoms with van der Waals surface area (Å²) in [5, 5.41) is 3.35. The van der Waals surface area contributed by atoms with Gasteiger partial charge in [0.15, 0.2) is 0 Å². The van der Waals surface area contributed by atoms with Crippen LogP contribution in [0.15, 0.2) is 65.2 Å². The van der Waals surface area contributed by atoms with Gasteiger partial charge >= 0.3 is 0 Å². The van der Waals surface area contributed by atoms with Crippen LogP contribution in [0.1, 0.15) is 25.5 Å². The van der Waals surface area contributed by atoms with E-state index in [0.717, 1.165) is 11.1 Å². The van der Waals surface area contributed by atoms with Gasteiger partial charge in [-0.3, -0.25) is 4.99 Å². The maximum atomic E-state index is 13.6. The molecule has 1 heterocycles. The average molecular weight is 342 g/mol. The quantitative estimate of drug-likeness (QED) is 0.816. The van der Waals surface area contributed by atoms with Crippen molar-refractivity contribution in [1.29, 1.82) is 0 Å². The minimum absolute atomic E-state index is 0.0429. The number of ether oxygens (including phenoxy) is 1. The number of allylic oxidation sites excluding steroid dienone is 1. The van der Waals surface area contributed by atoms with Crippen molar-refractivity contribution < 1.29 is 13.5 Å². The number of hydrogen-bond donors (Lipinski definition) is 1. The molecule has 0 unspecified atom stereocenters. The molecule has 5 heteroatoms. The van der Waals surface area contributed by atoms with Crippen molar-refractivity contribution in [3.63, 3.8) is 0 Å². The van der Waals surface area contributed by atoms with Crippen LogP contribution in [0.2, 0.25) is 0 Å². The van der Waals surface area contributed by atoms with Gasteiger partial charge in [0.2, 0.25) is 0 Å². The molecule has 1 aliphatic heterocycles. The van der Waals surface area contributed by atoms with Gasteiger partial charge < -0.3 is 10.1 Å². The van der Waals surface area contributed by atoms with Gasteiger partial charge in [0, 0.05) is 0 Å². The Morgan fingerprint density at radius 3 is 2.60 bits per heavy atom. The standard InChI is InChI=1S/C20H20F2N2O/c1-3-13(2)19-20(14-5-4-6-16(22)11-14)24-18(23-19)12-25-17-9-7-15(21)8-10-17/h3-11,19-20H,12H2,1-2H3,(H,23,24)/b13-3+/t19-,20+/m1/s1. The SMILES string of the molecule is C/C=C(\C)[C@H]1NC(COc2ccc(F)cc2)=N[C@H]1c1cccc(F)c1. The lowest BCUT2D eigenvalue weighted by atomic mass is 9.95. The predicted octanol–water partition coefficient (Wildman–Crippen LogP) is 4.42. The molecule has 25 heavy (non-hydrogen) atoms. The Kier molecular flexibility index (Phi) is 5.12. The molecule has 0 aliphatic carbocycles. The van der Waals surface area contributed by atoms with Gasteiger partial charge in [-0.25, -0.2) is 8.78 Å². The average Bonchev–Trinajstić information content (AvgIpc) is 3.05. The molecule has 2 aromatic carbocycles. The number of amidine groups is 1. The number of rotatable bonds is 5. The minimum Gasteiger partial charge on any atom is -0.486 e. The van der Waals surface area contributed by atoms with Crippen molar-refractivity contribution in [3.8, 4) is 5.75 Å². The Morgan fingerprint density at radius 1 is 1.16 bits per heavy atom. The highest BCUT2D eigenvalue weighted by molar-refractivity contribution is 5.86. The second-order valence-electron chi connectivity index (χ2n) is 5.97. The monoisotopic (exact) mass is 342 g/mol. The highest BCUT2D eigenvalue weighted by Crippen LogP contribution is 2.30. The lowest BCUT2D eigenvalue weighted by Crippen LogP contribution is -2.35. The molecule has 130 valence electrons. The van der Waals surface area contributed by atoms with Crippen molar-refractivity contribution in [2.24, 2.45) is 4.99 Å². The molecule has 3 rings (SSSR count). The van der Waals surface area contributed by atoms with Gasteiger partial charge in [-0.15, -0.1) is 0 Å². The van der Waals surface area contributed by atoms with Crippen LogP contribution in [0.4, 0.5) is 8.78 Å². The molecule has 1 N–H and O–H groups in total. The van der Waals surface area contributed by atoms with Crippen LogP contribution in [-0.4, -0.2) is 18.5 Å². The van der Waals surface area contributed by atoms with E-state index in [0.29, 0.717) is 11.6 Å². The summed E-state index contributed by atoms with van der Waals surface area (Å²) in [5.74, 6) is 0.670. The van der Waals surface area contributed by atoms with E-state index in [1.807, 2.05) is 26.0 Å². The molecular formula is C20H20F2N2O. The Hall–Kier alpha value is -2.69. The molecule has 1 aliphatic rings. The van der Waals surface area contributed by atoms with Crippen LogP contribution in [0.5, 0.6) is 5.75 Å². The molecule has 0 spiro atoms. The van der Waals surface area contributed by atoms with Crippen molar-refractivity contribution >= 4 is 5.84 Å². The Bertz CT molecular complexity index is 800. The highest BCUT2D eigenvalue weighted by Gasteiger charge is 2.31. The van der Waals surface area contributed by atoms with E-state index < -0.39 is 0 Å². The maximum absolute atomic E-state index is 13.6. The topological polar surface area (TPSA) is 33.6 Å². The summed E-state index contributed by atoms with van der Waals surface area (Å²) in [6.45, 7) is 4.22. The summed E-state index contributed by atoms with van der Waals surface area (Å²) in [7, 11) is 0. The van der Waals surface area contributed by atoms with Crippen LogP contribution >= 0.6 is 0 Å². The van der Waals surface area contributed by atoms with Crippen LogP contribution in [0.3, 0.4) is 0 Å². The summed E-state index contributed by atoms with van der Waals surface area (Å²) in [5.41, 5.74) is 1.94. The zero-order valence-electron chi connectivity index (χ0n) is 14.2. The zero-order valence-corrected chi connectivity index (χ0v) is 14.2. The third-order valence-electron chi connectivity index (χ3n) is 4.26. The second-order valence-corrected chi connectivity index (χ2v) is 5.97. The predicted molar refractivity (Wildman–Crippen MR) is 94.8 cm³/mol. The minimum atomic E-state index is -0.307. The van der Waals surface area contributed by atoms with E-state index in [1.54, 1.807) is 18.2 Å². The van der Waals surface area contributed by atoms with Crippen LogP contribution in [0, 0.1) is 11.6 Å². The van der Waals surface area contributed by atoms with E-state index in [-0.39, 0.29) is 30.3 Å². The van der Waals surface area contributed by atoms with Gasteiger partial charge in [-0.1, -0.05) is 23.8 Å². The van der Waals surface area contributed by atoms with Crippen molar-refractivity contribution in [3.05, 3.63) is 77.4 Å². The first-order chi connectivity index (χ1) is 12.1. The molecule has 0 fully saturated rings. The molecular weight excluding hydrogens is 322 g/mol. The molecule has 0 radical (unpaired) electrons. The molecule has 0 amide bonds. The summed E-state index contributed by atoms with van der Waals surface area (Å²) < 4.78 is 32.2. The highest BCUT2D eigenvalue weighted by atomic mass is 19.1. The molecule has 0 aromatic heterocycles. The fourth-order valence-electron chi connectivity index (χ4n) is 2.80. The van der Waals surface area contributed by atoms with Crippen molar-refractivity contribution in [2.45, 2.75) is 25.9 Å². The second kappa shape index (κ2) is 7.47. The molecule has 3 nitrogen and oxygen atoms in total. The number of hydrogen-bond acceptors (Lipinski definition) is 3. The first-order valence-corrected chi connectivity index (χ1v) is 8.16. The third-order valence-corrected chi connectivity index (χ3v) is 4.26. The van der Waals surface area contributed by atoms with E-state index in [9.17, 15) is 8.78 Å². The van der Waals surface area contributed by atoms with Crippen LogP contribution in [0.25, 0.3) is 0 Å². The molecule has 2 aromatic rings. The Balaban J connectivity index is 1.78.